The summed E-state index contributed by atoms with van der Waals surface area (Å²) in [5, 5.41) is 30.2. The van der Waals surface area contributed by atoms with Crippen molar-refractivity contribution in [1.29, 1.82) is 0 Å². The highest BCUT2D eigenvalue weighted by Gasteiger charge is 2.17. The quantitative estimate of drug-likeness (QED) is 0.482. The van der Waals surface area contributed by atoms with Gasteiger partial charge in [-0.1, -0.05) is 0 Å². The van der Waals surface area contributed by atoms with Gasteiger partial charge in [-0.2, -0.15) is 0 Å². The van der Waals surface area contributed by atoms with Crippen molar-refractivity contribution in [2.75, 3.05) is 19.0 Å². The van der Waals surface area contributed by atoms with E-state index in [0.29, 0.717) is 10.4 Å². The van der Waals surface area contributed by atoms with Crippen LogP contribution >= 0.6 is 0 Å². The summed E-state index contributed by atoms with van der Waals surface area (Å²) in [5.41, 5.74) is 0.760. The van der Waals surface area contributed by atoms with Crippen molar-refractivity contribution in [3.63, 3.8) is 0 Å². The molecule has 9 heteroatoms. The zero-order valence-electron chi connectivity index (χ0n) is 13.8. The van der Waals surface area contributed by atoms with Gasteiger partial charge in [0.05, 0.1) is 10.5 Å². The van der Waals surface area contributed by atoms with Crippen molar-refractivity contribution in [1.82, 2.24) is 4.73 Å². The van der Waals surface area contributed by atoms with E-state index in [4.69, 9.17) is 4.84 Å². The van der Waals surface area contributed by atoms with E-state index in [-0.39, 0.29) is 16.8 Å². The first-order valence-corrected chi connectivity index (χ1v) is 7.17. The lowest BCUT2D eigenvalue weighted by molar-refractivity contribution is -0.385. The molecule has 0 spiro atoms. The van der Waals surface area contributed by atoms with Gasteiger partial charge in [-0.05, 0) is 25.1 Å². The molecule has 0 unspecified atom stereocenters. The van der Waals surface area contributed by atoms with Crippen LogP contribution in [-0.4, -0.2) is 39.9 Å². The molecule has 2 rings (SSSR count). The maximum absolute atomic E-state index is 12.1. The largest absolute Gasteiger partial charge is 0.492 e. The molecule has 1 aromatic heterocycles. The molecule has 1 aromatic carbocycles. The van der Waals surface area contributed by atoms with E-state index in [1.165, 1.54) is 25.1 Å². The van der Waals surface area contributed by atoms with Gasteiger partial charge in [0, 0.05) is 43.6 Å². The normalized spacial score (nSPS) is 11.2. The van der Waals surface area contributed by atoms with Crippen LogP contribution in [0.2, 0.25) is 0 Å². The van der Waals surface area contributed by atoms with Crippen LogP contribution in [0.4, 0.5) is 11.4 Å². The molecule has 0 radical (unpaired) electrons. The molecule has 9 nitrogen and oxygen atoms in total. The highest BCUT2D eigenvalue weighted by atomic mass is 16.7. The Morgan fingerprint density at radius 1 is 1.24 bits per heavy atom. The third-order valence-corrected chi connectivity index (χ3v) is 3.39. The van der Waals surface area contributed by atoms with Crippen molar-refractivity contribution in [3.05, 3.63) is 51.6 Å². The minimum absolute atomic E-state index is 0.0493. The standard InChI is InChI=1S/C16H17N3O6/c1-10(16(22)25-18-14(20)6-7-15(18)21)8-11-4-5-12(17(2)3)9-13(11)19(23)24/h4-9,20-21H,1-3H3. The monoisotopic (exact) mass is 347 g/mol. The Labute approximate surface area is 143 Å². The first-order valence-electron chi connectivity index (χ1n) is 7.17. The van der Waals surface area contributed by atoms with E-state index in [1.807, 2.05) is 0 Å². The zero-order valence-corrected chi connectivity index (χ0v) is 13.8. The fourth-order valence-electron chi connectivity index (χ4n) is 2.03. The number of anilines is 1. The third-order valence-electron chi connectivity index (χ3n) is 3.39. The Balaban J connectivity index is 2.32. The molecule has 0 aliphatic carbocycles. The summed E-state index contributed by atoms with van der Waals surface area (Å²) >= 11 is 0. The molecule has 0 saturated carbocycles. The van der Waals surface area contributed by atoms with Crippen molar-refractivity contribution in [2.45, 2.75) is 6.92 Å². The molecule has 0 saturated heterocycles. The highest BCUT2D eigenvalue weighted by Crippen LogP contribution is 2.27. The van der Waals surface area contributed by atoms with Gasteiger partial charge in [0.2, 0.25) is 11.8 Å². The molecule has 0 fully saturated rings. The summed E-state index contributed by atoms with van der Waals surface area (Å²) in [4.78, 5) is 29.4. The topological polar surface area (TPSA) is 118 Å². The summed E-state index contributed by atoms with van der Waals surface area (Å²) < 4.78 is 0.545. The fourth-order valence-corrected chi connectivity index (χ4v) is 2.03. The Hall–Kier alpha value is -3.49. The molecule has 132 valence electrons. The Kier molecular flexibility index (Phi) is 4.97. The van der Waals surface area contributed by atoms with E-state index in [0.717, 1.165) is 12.1 Å². The van der Waals surface area contributed by atoms with E-state index < -0.39 is 22.7 Å². The molecule has 2 aromatic rings. The van der Waals surface area contributed by atoms with Crippen LogP contribution in [-0.2, 0) is 4.79 Å². The van der Waals surface area contributed by atoms with Crippen LogP contribution in [0.5, 0.6) is 11.8 Å². The first-order chi connectivity index (χ1) is 11.7. The predicted molar refractivity (Wildman–Crippen MR) is 90.4 cm³/mol. The summed E-state index contributed by atoms with van der Waals surface area (Å²) in [6.45, 7) is 1.41. The molecule has 0 aliphatic heterocycles. The van der Waals surface area contributed by atoms with Crippen LogP contribution in [0, 0.1) is 10.1 Å². The maximum atomic E-state index is 12.1. The van der Waals surface area contributed by atoms with Gasteiger partial charge < -0.3 is 20.0 Å². The molecular formula is C16H17N3O6. The number of rotatable bonds is 5. The van der Waals surface area contributed by atoms with E-state index in [1.54, 1.807) is 25.1 Å². The van der Waals surface area contributed by atoms with E-state index in [2.05, 4.69) is 0 Å². The third kappa shape index (κ3) is 3.89. The molecule has 1 heterocycles. The maximum Gasteiger partial charge on any atom is 0.359 e. The second-order valence-electron chi connectivity index (χ2n) is 5.44. The van der Waals surface area contributed by atoms with Crippen LogP contribution in [0.25, 0.3) is 6.08 Å². The smallest absolute Gasteiger partial charge is 0.359 e. The Morgan fingerprint density at radius 3 is 2.36 bits per heavy atom. The summed E-state index contributed by atoms with van der Waals surface area (Å²) in [5.74, 6) is -1.80. The number of hydrogen-bond acceptors (Lipinski definition) is 7. The van der Waals surface area contributed by atoms with Gasteiger partial charge in [0.15, 0.2) is 0 Å². The number of nitro benzene ring substituents is 1. The molecule has 0 aliphatic rings. The molecule has 0 atom stereocenters. The van der Waals surface area contributed by atoms with Gasteiger partial charge in [0.1, 0.15) is 0 Å². The molecule has 0 bridgehead atoms. The second-order valence-corrected chi connectivity index (χ2v) is 5.44. The lowest BCUT2D eigenvalue weighted by Crippen LogP contribution is -2.19. The summed E-state index contributed by atoms with van der Waals surface area (Å²) in [6, 6.07) is 6.89. The first kappa shape index (κ1) is 17.9. The van der Waals surface area contributed by atoms with E-state index >= 15 is 0 Å². The number of aromatic nitrogens is 1. The predicted octanol–water partition coefficient (Wildman–Crippen LogP) is 1.93. The summed E-state index contributed by atoms with van der Waals surface area (Å²) in [6.07, 6.45) is 1.30. The van der Waals surface area contributed by atoms with Crippen LogP contribution < -0.4 is 9.74 Å². The van der Waals surface area contributed by atoms with Gasteiger partial charge >= 0.3 is 5.97 Å². The minimum atomic E-state index is -0.882. The van der Waals surface area contributed by atoms with Gasteiger partial charge in [-0.3, -0.25) is 10.1 Å². The SMILES string of the molecule is CC(=Cc1ccc(N(C)C)cc1[N+](=O)[O-])C(=O)On1c(O)ccc1O. The zero-order chi connectivity index (χ0) is 18.7. The molecule has 0 amide bonds. The van der Waals surface area contributed by atoms with Crippen LogP contribution in [0.1, 0.15) is 12.5 Å². The van der Waals surface area contributed by atoms with Crippen molar-refractivity contribution < 1.29 is 24.8 Å². The molecule has 2 N–H and O–H groups in total. The van der Waals surface area contributed by atoms with Gasteiger partial charge in [0.25, 0.3) is 5.69 Å². The fraction of sp³-hybridized carbons (Fsp3) is 0.188. The number of carbonyl (C=O) groups is 1. The van der Waals surface area contributed by atoms with E-state index in [9.17, 15) is 25.1 Å². The number of benzene rings is 1. The average molecular weight is 347 g/mol. The number of nitro groups is 1. The van der Waals surface area contributed by atoms with Gasteiger partial charge in [-0.15, -0.1) is 4.73 Å². The Morgan fingerprint density at radius 2 is 1.84 bits per heavy atom. The highest BCUT2D eigenvalue weighted by molar-refractivity contribution is 5.94. The Bertz CT molecular complexity index is 834. The second kappa shape index (κ2) is 6.95. The number of hydrogen-bond donors (Lipinski definition) is 2. The molecule has 25 heavy (non-hydrogen) atoms. The number of aromatic hydroxyl groups is 2. The lowest BCUT2D eigenvalue weighted by atomic mass is 10.1. The van der Waals surface area contributed by atoms with Crippen molar-refractivity contribution >= 4 is 23.4 Å². The minimum Gasteiger partial charge on any atom is -0.492 e. The number of carbonyl (C=O) groups excluding carboxylic acids is 1. The lowest BCUT2D eigenvalue weighted by Gasteiger charge is -2.12. The number of nitrogens with zero attached hydrogens (tertiary/aromatic N) is 3. The van der Waals surface area contributed by atoms with Crippen LogP contribution in [0.15, 0.2) is 35.9 Å². The van der Waals surface area contributed by atoms with Crippen molar-refractivity contribution in [2.24, 2.45) is 0 Å². The van der Waals surface area contributed by atoms with Gasteiger partial charge in [-0.25, -0.2) is 4.79 Å². The van der Waals surface area contributed by atoms with Crippen molar-refractivity contribution in [3.8, 4) is 11.8 Å². The average Bonchev–Trinajstić information content (AvgIpc) is 2.86. The summed E-state index contributed by atoms with van der Waals surface area (Å²) in [7, 11) is 3.51. The van der Waals surface area contributed by atoms with Crippen LogP contribution in [0.3, 0.4) is 0 Å². The molecular weight excluding hydrogens is 330 g/mol.